The number of carboxylic acid groups (broad SMARTS) is 1. The molecule has 0 bridgehead atoms. The van der Waals surface area contributed by atoms with E-state index in [2.05, 4.69) is 26.8 Å². The first kappa shape index (κ1) is 10.3. The fourth-order valence-electron chi connectivity index (χ4n) is 1.76. The molecule has 1 rings (SSSR count). The minimum atomic E-state index is -0.625. The van der Waals surface area contributed by atoms with Crippen LogP contribution in [-0.4, -0.2) is 11.1 Å². The molecular weight excluding hydrogens is 164 g/mol. The maximum Gasteiger partial charge on any atom is 0.307 e. The van der Waals surface area contributed by atoms with Gasteiger partial charge in [-0.1, -0.05) is 18.6 Å². The van der Waals surface area contributed by atoms with Gasteiger partial charge in [-0.3, -0.25) is 4.79 Å². The molecule has 13 heavy (non-hydrogen) atoms. The number of hydrogen-bond donors (Lipinski definition) is 1. The summed E-state index contributed by atoms with van der Waals surface area (Å²) in [4.78, 5) is 10.7. The minimum Gasteiger partial charge on any atom is -0.481 e. The molecule has 1 aliphatic carbocycles. The van der Waals surface area contributed by atoms with E-state index in [1.165, 1.54) is 5.57 Å². The summed E-state index contributed by atoms with van der Waals surface area (Å²) < 4.78 is 0. The molecule has 0 aromatic carbocycles. The molecule has 2 nitrogen and oxygen atoms in total. The van der Waals surface area contributed by atoms with Crippen LogP contribution < -0.4 is 0 Å². The lowest BCUT2D eigenvalue weighted by Crippen LogP contribution is -2.06. The third kappa shape index (κ3) is 2.58. The minimum absolute atomic E-state index is 0.0811. The fraction of sp³-hybridized carbons (Fsp3) is 0.727. The zero-order chi connectivity index (χ0) is 10.1. The van der Waals surface area contributed by atoms with E-state index in [0.29, 0.717) is 0 Å². The summed E-state index contributed by atoms with van der Waals surface area (Å²) in [6.07, 6.45) is 5.07. The van der Waals surface area contributed by atoms with Crippen molar-refractivity contribution in [3.8, 4) is 0 Å². The van der Waals surface area contributed by atoms with Crippen molar-refractivity contribution in [3.05, 3.63) is 11.6 Å². The Kier molecular flexibility index (Phi) is 2.79. The van der Waals surface area contributed by atoms with Gasteiger partial charge < -0.3 is 5.11 Å². The number of rotatable bonds is 4. The van der Waals surface area contributed by atoms with Crippen molar-refractivity contribution < 1.29 is 9.90 Å². The second kappa shape index (κ2) is 3.52. The molecule has 1 aliphatic rings. The summed E-state index contributed by atoms with van der Waals surface area (Å²) in [5.41, 5.74) is 1.40. The van der Waals surface area contributed by atoms with Gasteiger partial charge in [-0.25, -0.2) is 0 Å². The monoisotopic (exact) mass is 182 g/mol. The van der Waals surface area contributed by atoms with E-state index in [1.807, 2.05) is 0 Å². The molecule has 2 atom stereocenters. The van der Waals surface area contributed by atoms with E-state index >= 15 is 0 Å². The quantitative estimate of drug-likeness (QED) is 0.679. The number of allylic oxidation sites excluding steroid dienone is 2. The molecule has 2 heteroatoms. The molecule has 1 N–H and O–H groups in total. The zero-order valence-electron chi connectivity index (χ0n) is 8.63. The van der Waals surface area contributed by atoms with Crippen LogP contribution in [0.5, 0.6) is 0 Å². The lowest BCUT2D eigenvalue weighted by atomic mass is 9.99. The molecule has 0 aliphatic heterocycles. The molecule has 2 unspecified atom stereocenters. The number of carboxylic acids is 1. The van der Waals surface area contributed by atoms with E-state index in [4.69, 9.17) is 5.11 Å². The summed E-state index contributed by atoms with van der Waals surface area (Å²) >= 11 is 0. The van der Waals surface area contributed by atoms with Crippen LogP contribution in [0.1, 0.15) is 40.0 Å². The Labute approximate surface area is 79.6 Å². The Bertz CT molecular complexity index is 238. The topological polar surface area (TPSA) is 37.3 Å². The highest BCUT2D eigenvalue weighted by atomic mass is 16.4. The van der Waals surface area contributed by atoms with E-state index in [0.717, 1.165) is 19.3 Å². The smallest absolute Gasteiger partial charge is 0.307 e. The van der Waals surface area contributed by atoms with Gasteiger partial charge in [-0.05, 0) is 38.5 Å². The van der Waals surface area contributed by atoms with E-state index in [-0.39, 0.29) is 11.3 Å². The Morgan fingerprint density at radius 1 is 1.62 bits per heavy atom. The molecule has 0 aromatic rings. The summed E-state index contributed by atoms with van der Waals surface area (Å²) in [6, 6.07) is 0. The van der Waals surface area contributed by atoms with Gasteiger partial charge in [0.15, 0.2) is 0 Å². The van der Waals surface area contributed by atoms with Gasteiger partial charge in [-0.15, -0.1) is 0 Å². The number of carbonyl (C=O) groups is 1. The maximum absolute atomic E-state index is 10.7. The highest BCUT2D eigenvalue weighted by Gasteiger charge is 2.53. The van der Waals surface area contributed by atoms with Crippen molar-refractivity contribution in [2.75, 3.05) is 0 Å². The predicted octanol–water partition coefficient (Wildman–Crippen LogP) is 2.84. The Balaban J connectivity index is 2.32. The molecule has 0 heterocycles. The molecule has 1 saturated carbocycles. The van der Waals surface area contributed by atoms with Gasteiger partial charge >= 0.3 is 5.97 Å². The highest BCUT2D eigenvalue weighted by molar-refractivity contribution is 5.74. The van der Waals surface area contributed by atoms with Crippen LogP contribution in [0.25, 0.3) is 0 Å². The van der Waals surface area contributed by atoms with Crippen LogP contribution in [0.4, 0.5) is 0 Å². The van der Waals surface area contributed by atoms with Crippen molar-refractivity contribution in [2.24, 2.45) is 11.3 Å². The van der Waals surface area contributed by atoms with Crippen LogP contribution >= 0.6 is 0 Å². The van der Waals surface area contributed by atoms with Crippen molar-refractivity contribution in [1.29, 1.82) is 0 Å². The van der Waals surface area contributed by atoms with Crippen LogP contribution in [0, 0.1) is 11.3 Å². The maximum atomic E-state index is 10.7. The molecule has 0 spiro atoms. The van der Waals surface area contributed by atoms with E-state index in [9.17, 15) is 4.79 Å². The first-order chi connectivity index (χ1) is 5.96. The van der Waals surface area contributed by atoms with E-state index in [1.54, 1.807) is 0 Å². The van der Waals surface area contributed by atoms with Crippen molar-refractivity contribution in [3.63, 3.8) is 0 Å². The number of hydrogen-bond acceptors (Lipinski definition) is 1. The lowest BCUT2D eigenvalue weighted by molar-refractivity contribution is -0.139. The molecule has 74 valence electrons. The molecule has 0 amide bonds. The molecule has 0 aromatic heterocycles. The number of aliphatic carboxylic acids is 1. The average Bonchev–Trinajstić information content (AvgIpc) is 2.62. The average molecular weight is 182 g/mol. The van der Waals surface area contributed by atoms with Gasteiger partial charge in [0, 0.05) is 0 Å². The van der Waals surface area contributed by atoms with Gasteiger partial charge in [0.2, 0.25) is 0 Å². The zero-order valence-corrected chi connectivity index (χ0v) is 8.63. The predicted molar refractivity (Wildman–Crippen MR) is 52.5 cm³/mol. The standard InChI is InChI=1S/C11H18O2/c1-8(2)5-4-6-11(3)7-9(11)10(12)13/h5,9H,4,6-7H2,1-3H3,(H,12,13). The van der Waals surface area contributed by atoms with Crippen molar-refractivity contribution in [2.45, 2.75) is 40.0 Å². The highest BCUT2D eigenvalue weighted by Crippen LogP contribution is 2.55. The Hall–Kier alpha value is -0.790. The van der Waals surface area contributed by atoms with Crippen LogP contribution in [-0.2, 0) is 4.79 Å². The van der Waals surface area contributed by atoms with Crippen molar-refractivity contribution in [1.82, 2.24) is 0 Å². The largest absolute Gasteiger partial charge is 0.481 e. The normalized spacial score (nSPS) is 31.2. The molecule has 0 radical (unpaired) electrons. The lowest BCUT2D eigenvalue weighted by Gasteiger charge is -2.06. The SMILES string of the molecule is CC(C)=CCCC1(C)CC1C(=O)O. The summed E-state index contributed by atoms with van der Waals surface area (Å²) in [6.45, 7) is 6.22. The first-order valence-corrected chi connectivity index (χ1v) is 4.82. The third-order valence-electron chi connectivity index (χ3n) is 2.92. The van der Waals surface area contributed by atoms with Crippen LogP contribution in [0.15, 0.2) is 11.6 Å². The Morgan fingerprint density at radius 3 is 2.62 bits per heavy atom. The van der Waals surface area contributed by atoms with Gasteiger partial charge in [0.25, 0.3) is 0 Å². The van der Waals surface area contributed by atoms with Crippen LogP contribution in [0.2, 0.25) is 0 Å². The summed E-state index contributed by atoms with van der Waals surface area (Å²) in [7, 11) is 0. The third-order valence-corrected chi connectivity index (χ3v) is 2.92. The van der Waals surface area contributed by atoms with Gasteiger partial charge in [0.05, 0.1) is 5.92 Å². The molecular formula is C11H18O2. The fourth-order valence-corrected chi connectivity index (χ4v) is 1.76. The second-order valence-electron chi connectivity index (χ2n) is 4.57. The second-order valence-corrected chi connectivity index (χ2v) is 4.57. The van der Waals surface area contributed by atoms with Gasteiger partial charge in [-0.2, -0.15) is 0 Å². The molecule has 0 saturated heterocycles. The summed E-state index contributed by atoms with van der Waals surface area (Å²) in [5, 5.41) is 8.78. The van der Waals surface area contributed by atoms with E-state index < -0.39 is 5.97 Å². The van der Waals surface area contributed by atoms with Crippen molar-refractivity contribution >= 4 is 5.97 Å². The molecule has 1 fully saturated rings. The van der Waals surface area contributed by atoms with Gasteiger partial charge in [0.1, 0.15) is 0 Å². The first-order valence-electron chi connectivity index (χ1n) is 4.82. The van der Waals surface area contributed by atoms with Crippen LogP contribution in [0.3, 0.4) is 0 Å². The summed E-state index contributed by atoms with van der Waals surface area (Å²) in [5.74, 6) is -0.710. The Morgan fingerprint density at radius 2 is 2.23 bits per heavy atom.